The van der Waals surface area contributed by atoms with Gasteiger partial charge in [0.05, 0.1) is 17.5 Å². The van der Waals surface area contributed by atoms with Crippen molar-refractivity contribution < 1.29 is 22.7 Å². The van der Waals surface area contributed by atoms with E-state index in [1.165, 1.54) is 18.2 Å². The predicted molar refractivity (Wildman–Crippen MR) is 129 cm³/mol. The molecule has 1 aliphatic heterocycles. The second kappa shape index (κ2) is 11.7. The molecule has 0 saturated carbocycles. The van der Waals surface area contributed by atoms with Crippen molar-refractivity contribution in [3.8, 4) is 18.1 Å². The van der Waals surface area contributed by atoms with Gasteiger partial charge in [0.15, 0.2) is 6.61 Å². The zero-order chi connectivity index (χ0) is 24.6. The van der Waals surface area contributed by atoms with Crippen LogP contribution in [0, 0.1) is 12.3 Å². The van der Waals surface area contributed by atoms with Crippen molar-refractivity contribution in [3.63, 3.8) is 0 Å². The van der Waals surface area contributed by atoms with Crippen molar-refractivity contribution in [2.45, 2.75) is 37.1 Å². The molecule has 8 nitrogen and oxygen atoms in total. The lowest BCUT2D eigenvalue weighted by Gasteiger charge is -2.22. The fraction of sp³-hybridized carbons (Fsp3) is 0.360. The summed E-state index contributed by atoms with van der Waals surface area (Å²) in [5.41, 5.74) is 0.941. The molecule has 9 heteroatoms. The molecular formula is C25H29N3O5S. The van der Waals surface area contributed by atoms with Crippen LogP contribution in [0.25, 0.3) is 0 Å². The number of terminal acetylenes is 1. The molecule has 0 radical (unpaired) electrons. The predicted octanol–water partition coefficient (Wildman–Crippen LogP) is 2.48. The minimum Gasteiger partial charge on any atom is -0.483 e. The number of amides is 2. The highest BCUT2D eigenvalue weighted by Gasteiger charge is 2.22. The normalized spacial score (nSPS) is 14.3. The van der Waals surface area contributed by atoms with Gasteiger partial charge in [-0.1, -0.05) is 37.1 Å². The molecule has 1 atom stereocenters. The molecule has 0 aromatic heterocycles. The minimum absolute atomic E-state index is 0.0485. The van der Waals surface area contributed by atoms with Crippen LogP contribution in [0.4, 0.5) is 0 Å². The summed E-state index contributed by atoms with van der Waals surface area (Å²) < 4.78 is 32.8. The topological polar surface area (TPSA) is 105 Å². The number of nitrogens with one attached hydrogen (secondary N) is 2. The molecule has 1 saturated heterocycles. The molecule has 1 aliphatic rings. The van der Waals surface area contributed by atoms with E-state index >= 15 is 0 Å². The molecule has 2 aromatic carbocycles. The largest absolute Gasteiger partial charge is 0.483 e. The van der Waals surface area contributed by atoms with Crippen LogP contribution in [0.2, 0.25) is 0 Å². The first kappa shape index (κ1) is 25.3. The number of para-hydroxylation sites is 1. The third-order valence-corrected chi connectivity index (χ3v) is 6.99. The minimum atomic E-state index is -3.82. The number of carbonyl (C=O) groups excluding carboxylic acids is 2. The molecule has 1 heterocycles. The Morgan fingerprint density at radius 3 is 2.59 bits per heavy atom. The fourth-order valence-corrected chi connectivity index (χ4v) is 4.74. The van der Waals surface area contributed by atoms with Gasteiger partial charge in [0.2, 0.25) is 10.0 Å². The number of sulfonamides is 1. The Bertz CT molecular complexity index is 1170. The summed E-state index contributed by atoms with van der Waals surface area (Å²) in [6.45, 7) is 3.22. The van der Waals surface area contributed by atoms with Crippen LogP contribution in [-0.4, -0.2) is 51.4 Å². The van der Waals surface area contributed by atoms with Gasteiger partial charge < -0.3 is 15.0 Å². The summed E-state index contributed by atoms with van der Waals surface area (Å²) in [5, 5.41) is 2.94. The van der Waals surface area contributed by atoms with Gasteiger partial charge in [-0.25, -0.2) is 8.42 Å². The van der Waals surface area contributed by atoms with Crippen LogP contribution in [0.3, 0.4) is 0 Å². The molecule has 2 aromatic rings. The lowest BCUT2D eigenvalue weighted by molar-refractivity contribution is -0.132. The Morgan fingerprint density at radius 1 is 1.15 bits per heavy atom. The van der Waals surface area contributed by atoms with Crippen molar-refractivity contribution >= 4 is 21.8 Å². The lowest BCUT2D eigenvalue weighted by atomic mass is 10.0. The standard InChI is InChI=1S/C25H29N3O5S/c1-3-14-26-34(31,32)20-11-9-10-19(17-20)25(30)27-22(4-2)21-12-5-6-13-23(21)33-18-24(29)28-15-7-8-16-28/h1,5-6,9-13,17,22,26H,4,7-8,14-16,18H2,2H3,(H,27,30). The first-order valence-electron chi connectivity index (χ1n) is 11.2. The summed E-state index contributed by atoms with van der Waals surface area (Å²) in [4.78, 5) is 27.1. The van der Waals surface area contributed by atoms with E-state index < -0.39 is 22.0 Å². The number of rotatable bonds is 10. The van der Waals surface area contributed by atoms with E-state index in [1.807, 2.05) is 25.1 Å². The average molecular weight is 484 g/mol. The van der Waals surface area contributed by atoms with Gasteiger partial charge in [0.25, 0.3) is 11.8 Å². The van der Waals surface area contributed by atoms with Crippen molar-refractivity contribution in [2.75, 3.05) is 26.2 Å². The fourth-order valence-electron chi connectivity index (χ4n) is 3.76. The molecular weight excluding hydrogens is 454 g/mol. The van der Waals surface area contributed by atoms with E-state index in [0.717, 1.165) is 31.5 Å². The Morgan fingerprint density at radius 2 is 1.88 bits per heavy atom. The van der Waals surface area contributed by atoms with Gasteiger partial charge in [0.1, 0.15) is 5.75 Å². The van der Waals surface area contributed by atoms with Crippen LogP contribution in [0.1, 0.15) is 48.1 Å². The molecule has 1 fully saturated rings. The van der Waals surface area contributed by atoms with E-state index in [4.69, 9.17) is 11.2 Å². The van der Waals surface area contributed by atoms with Crippen molar-refractivity contribution in [1.29, 1.82) is 0 Å². The van der Waals surface area contributed by atoms with Gasteiger partial charge in [-0.3, -0.25) is 9.59 Å². The number of carbonyl (C=O) groups is 2. The van der Waals surface area contributed by atoms with Crippen LogP contribution in [0.5, 0.6) is 5.75 Å². The van der Waals surface area contributed by atoms with Crippen LogP contribution < -0.4 is 14.8 Å². The maximum absolute atomic E-state index is 13.0. The quantitative estimate of drug-likeness (QED) is 0.505. The van der Waals surface area contributed by atoms with Gasteiger partial charge in [-0.15, -0.1) is 6.42 Å². The van der Waals surface area contributed by atoms with Gasteiger partial charge in [-0.2, -0.15) is 4.72 Å². The molecule has 0 aliphatic carbocycles. The molecule has 180 valence electrons. The molecule has 0 bridgehead atoms. The van der Waals surface area contributed by atoms with Crippen LogP contribution in [-0.2, 0) is 14.8 Å². The first-order chi connectivity index (χ1) is 16.4. The molecule has 2 N–H and O–H groups in total. The van der Waals surface area contributed by atoms with Crippen LogP contribution in [0.15, 0.2) is 53.4 Å². The van der Waals surface area contributed by atoms with Gasteiger partial charge >= 0.3 is 0 Å². The monoisotopic (exact) mass is 483 g/mol. The Kier molecular flexibility index (Phi) is 8.68. The summed E-state index contributed by atoms with van der Waals surface area (Å²) >= 11 is 0. The van der Waals surface area contributed by atoms with Crippen molar-refractivity contribution in [3.05, 3.63) is 59.7 Å². The molecule has 0 spiro atoms. The lowest BCUT2D eigenvalue weighted by Crippen LogP contribution is -2.33. The zero-order valence-corrected chi connectivity index (χ0v) is 19.9. The Hall–Kier alpha value is -3.35. The Labute approximate surface area is 200 Å². The average Bonchev–Trinajstić information content (AvgIpc) is 3.40. The Balaban J connectivity index is 1.73. The number of hydrogen-bond acceptors (Lipinski definition) is 5. The molecule has 1 unspecified atom stereocenters. The van der Waals surface area contributed by atoms with E-state index in [-0.39, 0.29) is 29.5 Å². The summed E-state index contributed by atoms with van der Waals surface area (Å²) in [6.07, 6.45) is 7.71. The van der Waals surface area contributed by atoms with E-state index in [2.05, 4.69) is 16.0 Å². The van der Waals surface area contributed by atoms with Gasteiger partial charge in [-0.05, 0) is 43.5 Å². The van der Waals surface area contributed by atoms with E-state index in [1.54, 1.807) is 17.0 Å². The summed E-state index contributed by atoms with van der Waals surface area (Å²) in [6, 6.07) is 12.6. The third-order valence-electron chi connectivity index (χ3n) is 5.59. The van der Waals surface area contributed by atoms with Crippen LogP contribution >= 0.6 is 0 Å². The molecule has 34 heavy (non-hydrogen) atoms. The number of ether oxygens (including phenoxy) is 1. The summed E-state index contributed by atoms with van der Waals surface area (Å²) in [7, 11) is -3.82. The molecule has 2 amide bonds. The van der Waals surface area contributed by atoms with E-state index in [0.29, 0.717) is 12.2 Å². The smallest absolute Gasteiger partial charge is 0.260 e. The maximum atomic E-state index is 13.0. The zero-order valence-electron chi connectivity index (χ0n) is 19.1. The highest BCUT2D eigenvalue weighted by atomic mass is 32.2. The van der Waals surface area contributed by atoms with Crippen molar-refractivity contribution in [1.82, 2.24) is 14.9 Å². The third kappa shape index (κ3) is 6.37. The first-order valence-corrected chi connectivity index (χ1v) is 12.7. The number of hydrogen-bond donors (Lipinski definition) is 2. The number of benzene rings is 2. The highest BCUT2D eigenvalue weighted by Crippen LogP contribution is 2.28. The molecule has 3 rings (SSSR count). The maximum Gasteiger partial charge on any atom is 0.260 e. The SMILES string of the molecule is C#CCNS(=O)(=O)c1cccc(C(=O)NC(CC)c2ccccc2OCC(=O)N2CCCC2)c1. The van der Waals surface area contributed by atoms with Crippen molar-refractivity contribution in [2.24, 2.45) is 0 Å². The second-order valence-corrected chi connectivity index (χ2v) is 9.67. The number of likely N-dealkylation sites (tertiary alicyclic amines) is 1. The van der Waals surface area contributed by atoms with E-state index in [9.17, 15) is 18.0 Å². The second-order valence-electron chi connectivity index (χ2n) is 7.91. The van der Waals surface area contributed by atoms with Gasteiger partial charge in [0, 0.05) is 24.2 Å². The summed E-state index contributed by atoms with van der Waals surface area (Å²) in [5.74, 6) is 2.26. The highest BCUT2D eigenvalue weighted by molar-refractivity contribution is 7.89. The number of nitrogens with zero attached hydrogens (tertiary/aromatic N) is 1.